The smallest absolute Gasteiger partial charge is 0.0684 e. The number of fused-ring (bicyclic) bond motifs is 4. The van der Waals surface area contributed by atoms with Crippen LogP contribution in [0.4, 0.5) is 0 Å². The average molecular weight is 482 g/mol. The van der Waals surface area contributed by atoms with Crippen molar-refractivity contribution in [1.29, 1.82) is 5.41 Å². The normalized spacial score (nSPS) is 40.0. The Morgan fingerprint density at radius 3 is 1.14 bits per heavy atom. The second-order valence-corrected chi connectivity index (χ2v) is 14.4. The monoisotopic (exact) mass is 481 g/mol. The molecule has 0 spiro atoms. The zero-order chi connectivity index (χ0) is 25.1. The third kappa shape index (κ3) is 4.39. The first-order valence-corrected chi connectivity index (χ1v) is 15.0. The molecule has 0 radical (unpaired) electrons. The van der Waals surface area contributed by atoms with Crippen LogP contribution < -0.4 is 0 Å². The maximum absolute atomic E-state index is 9.00. The molecule has 4 fully saturated rings. The van der Waals surface area contributed by atoms with E-state index >= 15 is 0 Å². The molecule has 0 heterocycles. The highest BCUT2D eigenvalue weighted by atomic mass is 14.5. The Bertz CT molecular complexity index is 966. The van der Waals surface area contributed by atoms with Crippen molar-refractivity contribution in [1.82, 2.24) is 0 Å². The summed E-state index contributed by atoms with van der Waals surface area (Å²) < 4.78 is 0. The van der Waals surface area contributed by atoms with E-state index in [0.29, 0.717) is 16.5 Å². The molecule has 1 heteroatoms. The maximum atomic E-state index is 9.00. The lowest BCUT2D eigenvalue weighted by atomic mass is 9.54. The van der Waals surface area contributed by atoms with Gasteiger partial charge in [0.1, 0.15) is 0 Å². The van der Waals surface area contributed by atoms with Gasteiger partial charge >= 0.3 is 0 Å². The fourth-order valence-corrected chi connectivity index (χ4v) is 10.3. The second kappa shape index (κ2) is 9.14. The van der Waals surface area contributed by atoms with E-state index in [2.05, 4.69) is 76.2 Å². The number of benzene rings is 2. The molecule has 6 rings (SSSR count). The Balaban J connectivity index is 1.21. The molecule has 1 nitrogen and oxygen atoms in total. The van der Waals surface area contributed by atoms with Crippen LogP contribution in [0.15, 0.2) is 48.5 Å². The number of nitrogens with one attached hydrogen (secondary N) is 1. The molecule has 36 heavy (non-hydrogen) atoms. The average Bonchev–Trinajstić information content (AvgIpc) is 2.82. The van der Waals surface area contributed by atoms with Crippen molar-refractivity contribution in [3.8, 4) is 0 Å². The van der Waals surface area contributed by atoms with Crippen molar-refractivity contribution in [3.05, 3.63) is 70.8 Å². The van der Waals surface area contributed by atoms with Crippen molar-refractivity contribution in [2.75, 3.05) is 0 Å². The predicted octanol–water partition coefficient (Wildman–Crippen LogP) is 9.31. The fraction of sp³-hybridized carbons (Fsp3) is 0.629. The van der Waals surface area contributed by atoms with Gasteiger partial charge in [-0.25, -0.2) is 0 Å². The van der Waals surface area contributed by atoms with Crippen molar-refractivity contribution >= 4 is 5.71 Å². The van der Waals surface area contributed by atoms with Gasteiger partial charge in [-0.3, -0.25) is 5.41 Å². The van der Waals surface area contributed by atoms with Gasteiger partial charge in [0, 0.05) is 11.1 Å². The first-order valence-electron chi connectivity index (χ1n) is 15.0. The topological polar surface area (TPSA) is 23.9 Å². The van der Waals surface area contributed by atoms with E-state index in [1.807, 2.05) is 0 Å². The highest BCUT2D eigenvalue weighted by Gasteiger charge is 2.46. The molecule has 0 aliphatic heterocycles. The first kappa shape index (κ1) is 24.4. The molecule has 4 saturated carbocycles. The molecule has 2 aromatic rings. The summed E-state index contributed by atoms with van der Waals surface area (Å²) in [4.78, 5) is 0. The Morgan fingerprint density at radius 1 is 0.528 bits per heavy atom. The summed E-state index contributed by atoms with van der Waals surface area (Å²) in [5, 5.41) is 9.00. The third-order valence-corrected chi connectivity index (χ3v) is 10.8. The summed E-state index contributed by atoms with van der Waals surface area (Å²) in [6, 6.07) is 18.4. The van der Waals surface area contributed by atoms with Gasteiger partial charge in [-0.05, 0) is 122 Å². The molecule has 192 valence electrons. The van der Waals surface area contributed by atoms with E-state index in [9.17, 15) is 0 Å². The summed E-state index contributed by atoms with van der Waals surface area (Å²) in [6.45, 7) is 9.86. The lowest BCUT2D eigenvalue weighted by Crippen LogP contribution is -2.42. The number of rotatable bonds is 4. The van der Waals surface area contributed by atoms with Crippen LogP contribution in [-0.2, 0) is 10.8 Å². The molecule has 4 bridgehead atoms. The van der Waals surface area contributed by atoms with Crippen LogP contribution in [0.2, 0.25) is 0 Å². The summed E-state index contributed by atoms with van der Waals surface area (Å²) in [7, 11) is 0. The minimum Gasteiger partial charge on any atom is -0.300 e. The number of hydrogen-bond acceptors (Lipinski definition) is 1. The van der Waals surface area contributed by atoms with E-state index in [0.717, 1.165) is 46.6 Å². The molecule has 0 amide bonds. The van der Waals surface area contributed by atoms with Gasteiger partial charge in [0.15, 0.2) is 0 Å². The SMILES string of the molecule is CC1CC2CC(C)CC(c3ccc(C(=N)c4ccc(C56CC(C)CC(CC(C)C5)C6)cc4)cc3)(C1)C2. The molecule has 4 unspecified atom stereocenters. The lowest BCUT2D eigenvalue weighted by molar-refractivity contribution is 0.0779. The largest absolute Gasteiger partial charge is 0.300 e. The summed E-state index contributed by atoms with van der Waals surface area (Å²) in [5.74, 6) is 5.15. The summed E-state index contributed by atoms with van der Waals surface area (Å²) in [6.07, 6.45) is 13.8. The Morgan fingerprint density at radius 2 is 0.833 bits per heavy atom. The van der Waals surface area contributed by atoms with Crippen LogP contribution in [0.3, 0.4) is 0 Å². The molecule has 4 aliphatic carbocycles. The quantitative estimate of drug-likeness (QED) is 0.421. The van der Waals surface area contributed by atoms with Crippen LogP contribution in [0, 0.1) is 40.9 Å². The Labute approximate surface area is 220 Å². The molecule has 4 aliphatic rings. The zero-order valence-electron chi connectivity index (χ0n) is 23.2. The van der Waals surface area contributed by atoms with Gasteiger partial charge in [0.05, 0.1) is 5.71 Å². The highest BCUT2D eigenvalue weighted by Crippen LogP contribution is 2.55. The molecule has 0 saturated heterocycles. The van der Waals surface area contributed by atoms with Crippen molar-refractivity contribution < 1.29 is 0 Å². The molecule has 1 N–H and O–H groups in total. The lowest BCUT2D eigenvalue weighted by Gasteiger charge is -2.50. The summed E-state index contributed by atoms with van der Waals surface area (Å²) >= 11 is 0. The van der Waals surface area contributed by atoms with Gasteiger partial charge in [-0.2, -0.15) is 0 Å². The van der Waals surface area contributed by atoms with Crippen molar-refractivity contribution in [3.63, 3.8) is 0 Å². The van der Waals surface area contributed by atoms with Gasteiger partial charge < -0.3 is 0 Å². The second-order valence-electron chi connectivity index (χ2n) is 14.4. The van der Waals surface area contributed by atoms with Crippen LogP contribution in [-0.4, -0.2) is 5.71 Å². The van der Waals surface area contributed by atoms with E-state index in [1.165, 1.54) is 75.3 Å². The van der Waals surface area contributed by atoms with E-state index in [1.54, 1.807) is 0 Å². The molecule has 2 aromatic carbocycles. The van der Waals surface area contributed by atoms with Gasteiger partial charge in [0.25, 0.3) is 0 Å². The minimum absolute atomic E-state index is 0.369. The molecule has 0 aromatic heterocycles. The zero-order valence-corrected chi connectivity index (χ0v) is 23.2. The molecular weight excluding hydrogens is 434 g/mol. The van der Waals surface area contributed by atoms with Crippen molar-refractivity contribution in [2.24, 2.45) is 35.5 Å². The van der Waals surface area contributed by atoms with Crippen molar-refractivity contribution in [2.45, 2.75) is 103 Å². The molecule has 4 atom stereocenters. The van der Waals surface area contributed by atoms with Crippen LogP contribution >= 0.6 is 0 Å². The van der Waals surface area contributed by atoms with E-state index in [4.69, 9.17) is 5.41 Å². The Kier molecular flexibility index (Phi) is 6.21. The van der Waals surface area contributed by atoms with Gasteiger partial charge in [-0.1, -0.05) is 76.2 Å². The molecular formula is C35H47N. The minimum atomic E-state index is 0.369. The van der Waals surface area contributed by atoms with Crippen LogP contribution in [0.1, 0.15) is 114 Å². The third-order valence-electron chi connectivity index (χ3n) is 10.8. The van der Waals surface area contributed by atoms with Gasteiger partial charge in [0.2, 0.25) is 0 Å². The van der Waals surface area contributed by atoms with Crippen LogP contribution in [0.25, 0.3) is 0 Å². The van der Waals surface area contributed by atoms with Gasteiger partial charge in [-0.15, -0.1) is 0 Å². The Hall–Kier alpha value is -1.89. The van der Waals surface area contributed by atoms with E-state index in [-0.39, 0.29) is 0 Å². The highest BCUT2D eigenvalue weighted by molar-refractivity contribution is 6.10. The maximum Gasteiger partial charge on any atom is 0.0684 e. The predicted molar refractivity (Wildman–Crippen MR) is 152 cm³/mol. The summed E-state index contributed by atoms with van der Waals surface area (Å²) in [5.41, 5.74) is 6.59. The standard InChI is InChI=1S/C35H47N/c1-23-13-27-14-24(2)18-34(17-23,21-27)31-9-5-29(6-10-31)33(36)30-7-11-32(12-8-30)35-19-25(3)15-28(22-35)16-26(4)20-35/h5-12,23-28,36H,13-22H2,1-4H3. The van der Waals surface area contributed by atoms with Crippen LogP contribution in [0.5, 0.6) is 0 Å². The fourth-order valence-electron chi connectivity index (χ4n) is 10.3. The number of hydrogen-bond donors (Lipinski definition) is 1. The van der Waals surface area contributed by atoms with E-state index < -0.39 is 0 Å². The first-order chi connectivity index (χ1) is 17.2.